The van der Waals surface area contributed by atoms with Crippen LogP contribution < -0.4 is 0 Å². The fraction of sp³-hybridized carbons (Fsp3) is 1.00. The molecule has 0 bridgehead atoms. The highest BCUT2D eigenvalue weighted by Crippen LogP contribution is 2.32. The lowest BCUT2D eigenvalue weighted by Crippen LogP contribution is -2.28. The Kier molecular flexibility index (Phi) is 6.50. The smallest absolute Gasteiger partial charge is 0.0840 e. The first-order valence-electron chi connectivity index (χ1n) is 7.49. The van der Waals surface area contributed by atoms with E-state index in [1.165, 1.54) is 32.1 Å². The maximum Gasteiger partial charge on any atom is 0.0840 e. The minimum absolute atomic E-state index is 0.424. The molecule has 1 rings (SSSR count). The number of aliphatic hydroxyl groups is 1. The van der Waals surface area contributed by atoms with Gasteiger partial charge in [-0.3, -0.25) is 0 Å². The van der Waals surface area contributed by atoms with Crippen molar-refractivity contribution < 1.29 is 9.84 Å². The lowest BCUT2D eigenvalue weighted by molar-refractivity contribution is 0.0128. The molecule has 1 saturated heterocycles. The van der Waals surface area contributed by atoms with E-state index < -0.39 is 5.60 Å². The van der Waals surface area contributed by atoms with E-state index >= 15 is 0 Å². The number of epoxide rings is 1. The molecule has 1 fully saturated rings. The third-order valence-corrected chi connectivity index (χ3v) is 4.13. The van der Waals surface area contributed by atoms with Gasteiger partial charge >= 0.3 is 0 Å². The normalized spacial score (nSPS) is 26.8. The van der Waals surface area contributed by atoms with Gasteiger partial charge in [-0.2, -0.15) is 0 Å². The van der Waals surface area contributed by atoms with Crippen molar-refractivity contribution in [1.29, 1.82) is 0 Å². The lowest BCUT2D eigenvalue weighted by Gasteiger charge is -2.26. The SMILES string of the molecule is CCCCCCCC(O)(CC)CCC1OC1C. The van der Waals surface area contributed by atoms with Crippen LogP contribution in [0.1, 0.15) is 78.6 Å². The van der Waals surface area contributed by atoms with Crippen LogP contribution in [0.5, 0.6) is 0 Å². The van der Waals surface area contributed by atoms with E-state index in [1.54, 1.807) is 0 Å². The topological polar surface area (TPSA) is 32.8 Å². The van der Waals surface area contributed by atoms with Crippen molar-refractivity contribution >= 4 is 0 Å². The molecule has 1 heterocycles. The summed E-state index contributed by atoms with van der Waals surface area (Å²) in [7, 11) is 0. The molecule has 3 atom stereocenters. The van der Waals surface area contributed by atoms with Gasteiger partial charge in [0.05, 0.1) is 17.8 Å². The van der Waals surface area contributed by atoms with Crippen LogP contribution in [0, 0.1) is 0 Å². The molecule has 0 aromatic rings. The zero-order valence-electron chi connectivity index (χ0n) is 11.9. The summed E-state index contributed by atoms with van der Waals surface area (Å²) < 4.78 is 5.40. The Balaban J connectivity index is 2.10. The highest BCUT2D eigenvalue weighted by molar-refractivity contribution is 4.85. The molecule has 0 aromatic carbocycles. The molecule has 1 aliphatic heterocycles. The molecule has 2 heteroatoms. The Morgan fingerprint density at radius 2 is 1.71 bits per heavy atom. The van der Waals surface area contributed by atoms with Crippen molar-refractivity contribution in [2.24, 2.45) is 0 Å². The molecule has 0 spiro atoms. The predicted molar refractivity (Wildman–Crippen MR) is 72.2 cm³/mol. The summed E-state index contributed by atoms with van der Waals surface area (Å²) in [5.74, 6) is 0. The van der Waals surface area contributed by atoms with E-state index in [9.17, 15) is 5.11 Å². The minimum atomic E-state index is -0.433. The van der Waals surface area contributed by atoms with E-state index in [4.69, 9.17) is 4.74 Å². The predicted octanol–water partition coefficient (Wildman–Crippen LogP) is 4.06. The van der Waals surface area contributed by atoms with Crippen LogP contribution in [-0.4, -0.2) is 22.9 Å². The third kappa shape index (κ3) is 5.87. The Hall–Kier alpha value is -0.0800. The van der Waals surface area contributed by atoms with E-state index in [2.05, 4.69) is 20.8 Å². The average Bonchev–Trinajstić information content (AvgIpc) is 3.03. The van der Waals surface area contributed by atoms with Gasteiger partial charge in [0.2, 0.25) is 0 Å². The minimum Gasteiger partial charge on any atom is -0.390 e. The first kappa shape index (κ1) is 15.0. The molecule has 17 heavy (non-hydrogen) atoms. The van der Waals surface area contributed by atoms with Crippen LogP contribution in [-0.2, 0) is 4.74 Å². The molecule has 1 N–H and O–H groups in total. The maximum atomic E-state index is 10.5. The quantitative estimate of drug-likeness (QED) is 0.463. The first-order chi connectivity index (χ1) is 8.11. The highest BCUT2D eigenvalue weighted by Gasteiger charge is 2.36. The van der Waals surface area contributed by atoms with Crippen LogP contribution in [0.2, 0.25) is 0 Å². The third-order valence-electron chi connectivity index (χ3n) is 4.13. The van der Waals surface area contributed by atoms with Gasteiger partial charge in [-0.1, -0.05) is 46.0 Å². The Bertz CT molecular complexity index is 205. The molecule has 1 aliphatic rings. The van der Waals surface area contributed by atoms with Crippen molar-refractivity contribution in [3.63, 3.8) is 0 Å². The monoisotopic (exact) mass is 242 g/mol. The summed E-state index contributed by atoms with van der Waals surface area (Å²) in [6.45, 7) is 6.45. The molecule has 0 saturated carbocycles. The first-order valence-corrected chi connectivity index (χ1v) is 7.49. The average molecular weight is 242 g/mol. The summed E-state index contributed by atoms with van der Waals surface area (Å²) in [4.78, 5) is 0. The van der Waals surface area contributed by atoms with E-state index in [-0.39, 0.29) is 0 Å². The van der Waals surface area contributed by atoms with E-state index in [0.29, 0.717) is 12.2 Å². The van der Waals surface area contributed by atoms with Gasteiger partial charge in [-0.05, 0) is 32.6 Å². The van der Waals surface area contributed by atoms with Crippen molar-refractivity contribution in [2.45, 2.75) is 96.4 Å². The summed E-state index contributed by atoms with van der Waals surface area (Å²) in [5.41, 5.74) is -0.433. The van der Waals surface area contributed by atoms with Crippen LogP contribution in [0.4, 0.5) is 0 Å². The largest absolute Gasteiger partial charge is 0.390 e. The number of hydrogen-bond donors (Lipinski definition) is 1. The van der Waals surface area contributed by atoms with Crippen LogP contribution >= 0.6 is 0 Å². The molecule has 3 unspecified atom stereocenters. The zero-order valence-corrected chi connectivity index (χ0v) is 11.9. The number of rotatable bonds is 10. The van der Waals surface area contributed by atoms with Crippen molar-refractivity contribution in [1.82, 2.24) is 0 Å². The second kappa shape index (κ2) is 7.38. The van der Waals surface area contributed by atoms with Gasteiger partial charge < -0.3 is 9.84 Å². The summed E-state index contributed by atoms with van der Waals surface area (Å²) in [5, 5.41) is 10.5. The van der Waals surface area contributed by atoms with Crippen molar-refractivity contribution in [3.05, 3.63) is 0 Å². The summed E-state index contributed by atoms with van der Waals surface area (Å²) >= 11 is 0. The van der Waals surface area contributed by atoms with Gasteiger partial charge in [-0.15, -0.1) is 0 Å². The van der Waals surface area contributed by atoms with Crippen molar-refractivity contribution in [2.75, 3.05) is 0 Å². The van der Waals surface area contributed by atoms with Crippen LogP contribution in [0.15, 0.2) is 0 Å². The second-order valence-corrected chi connectivity index (χ2v) is 5.66. The Morgan fingerprint density at radius 3 is 2.24 bits per heavy atom. The maximum absolute atomic E-state index is 10.5. The van der Waals surface area contributed by atoms with E-state index in [0.717, 1.165) is 25.7 Å². The number of unbranched alkanes of at least 4 members (excludes halogenated alkanes) is 4. The molecular formula is C15H30O2. The summed E-state index contributed by atoms with van der Waals surface area (Å²) in [6, 6.07) is 0. The van der Waals surface area contributed by atoms with Gasteiger partial charge in [0.25, 0.3) is 0 Å². The van der Waals surface area contributed by atoms with Crippen LogP contribution in [0.3, 0.4) is 0 Å². The standard InChI is InChI=1S/C15H30O2/c1-4-6-7-8-9-11-15(16,5-2)12-10-14-13(3)17-14/h13-14,16H,4-12H2,1-3H3. The van der Waals surface area contributed by atoms with E-state index in [1.807, 2.05) is 0 Å². The molecular weight excluding hydrogens is 212 g/mol. The zero-order chi connectivity index (χ0) is 12.7. The molecule has 0 amide bonds. The molecule has 0 aliphatic carbocycles. The van der Waals surface area contributed by atoms with Gasteiger partial charge in [0.1, 0.15) is 0 Å². The van der Waals surface area contributed by atoms with Gasteiger partial charge in [0, 0.05) is 0 Å². The Morgan fingerprint density at radius 1 is 1.06 bits per heavy atom. The summed E-state index contributed by atoms with van der Waals surface area (Å²) in [6.07, 6.45) is 11.0. The number of hydrogen-bond acceptors (Lipinski definition) is 2. The van der Waals surface area contributed by atoms with Crippen LogP contribution in [0.25, 0.3) is 0 Å². The molecule has 2 nitrogen and oxygen atoms in total. The fourth-order valence-electron chi connectivity index (χ4n) is 2.48. The number of ether oxygens (including phenoxy) is 1. The molecule has 0 aromatic heterocycles. The second-order valence-electron chi connectivity index (χ2n) is 5.66. The Labute approximate surface area is 107 Å². The van der Waals surface area contributed by atoms with Crippen molar-refractivity contribution in [3.8, 4) is 0 Å². The lowest BCUT2D eigenvalue weighted by atomic mass is 9.87. The van der Waals surface area contributed by atoms with Gasteiger partial charge in [-0.25, -0.2) is 0 Å². The van der Waals surface area contributed by atoms with Gasteiger partial charge in [0.15, 0.2) is 0 Å². The highest BCUT2D eigenvalue weighted by atomic mass is 16.6. The molecule has 0 radical (unpaired) electrons. The molecule has 102 valence electrons. The fourth-order valence-corrected chi connectivity index (χ4v) is 2.48.